The van der Waals surface area contributed by atoms with Crippen LogP contribution >= 0.6 is 0 Å². The smallest absolute Gasteiger partial charge is 0.136 e. The molecule has 0 amide bonds. The molecule has 0 saturated carbocycles. The van der Waals surface area contributed by atoms with Gasteiger partial charge >= 0.3 is 0 Å². The predicted octanol–water partition coefficient (Wildman–Crippen LogP) is 15.5. The molecular formula is C54H32O. The molecule has 0 aliphatic heterocycles. The van der Waals surface area contributed by atoms with E-state index in [1.54, 1.807) is 0 Å². The maximum Gasteiger partial charge on any atom is 0.136 e. The van der Waals surface area contributed by atoms with E-state index in [2.05, 4.69) is 188 Å². The molecule has 1 aromatic heterocycles. The second-order valence-electron chi connectivity index (χ2n) is 14.7. The Morgan fingerprint density at radius 1 is 0.218 bits per heavy atom. The van der Waals surface area contributed by atoms with E-state index in [0.29, 0.717) is 0 Å². The number of furan rings is 1. The molecule has 12 rings (SSSR count). The van der Waals surface area contributed by atoms with Crippen LogP contribution in [0.1, 0.15) is 0 Å². The quantitative estimate of drug-likeness (QED) is 0.168. The Bertz CT molecular complexity index is 3530. The molecule has 1 heteroatoms. The van der Waals surface area contributed by atoms with E-state index in [0.717, 1.165) is 21.9 Å². The van der Waals surface area contributed by atoms with E-state index in [1.807, 2.05) is 6.07 Å². The fraction of sp³-hybridized carbons (Fsp3) is 0. The highest BCUT2D eigenvalue weighted by molar-refractivity contribution is 6.39. The molecule has 0 aliphatic rings. The van der Waals surface area contributed by atoms with Crippen LogP contribution in [-0.2, 0) is 0 Å². The van der Waals surface area contributed by atoms with Crippen LogP contribution in [0.4, 0.5) is 0 Å². The molecule has 0 aliphatic carbocycles. The van der Waals surface area contributed by atoms with Gasteiger partial charge in [0.2, 0.25) is 0 Å². The molecule has 0 N–H and O–H groups in total. The summed E-state index contributed by atoms with van der Waals surface area (Å²) in [7, 11) is 0. The van der Waals surface area contributed by atoms with Gasteiger partial charge in [-0.05, 0) is 122 Å². The Morgan fingerprint density at radius 3 is 1.40 bits per heavy atom. The first-order valence-electron chi connectivity index (χ1n) is 19.0. The van der Waals surface area contributed by atoms with Crippen molar-refractivity contribution in [2.45, 2.75) is 0 Å². The number of fused-ring (bicyclic) bond motifs is 15. The minimum Gasteiger partial charge on any atom is -0.456 e. The lowest BCUT2D eigenvalue weighted by atomic mass is 9.85. The number of hydrogen-bond donors (Lipinski definition) is 0. The van der Waals surface area contributed by atoms with E-state index < -0.39 is 0 Å². The van der Waals surface area contributed by atoms with Gasteiger partial charge in [0.05, 0.1) is 0 Å². The molecule has 0 fully saturated rings. The van der Waals surface area contributed by atoms with Gasteiger partial charge in [0.1, 0.15) is 11.2 Å². The van der Waals surface area contributed by atoms with Crippen molar-refractivity contribution in [3.63, 3.8) is 0 Å². The molecule has 1 nitrogen and oxygen atoms in total. The standard InChI is InChI=1S/C54H32O/c1-2-13-33(14-3-1)34-27-29-45-48(31-34)40-15-4-6-17-43(40)54-46-30-28-35(32-49(46)41-16-5-7-18-44(41)53(45)54)36-20-10-22-38-37(36)21-11-23-39(38)42-24-12-26-51-52(42)47-19-8-9-25-50(47)55-51/h1-32H. The molecule has 254 valence electrons. The minimum atomic E-state index is 0.914. The van der Waals surface area contributed by atoms with Gasteiger partial charge < -0.3 is 4.42 Å². The third-order valence-electron chi connectivity index (χ3n) is 11.8. The van der Waals surface area contributed by atoms with Crippen LogP contribution < -0.4 is 0 Å². The summed E-state index contributed by atoms with van der Waals surface area (Å²) in [6.45, 7) is 0. The lowest BCUT2D eigenvalue weighted by Crippen LogP contribution is -1.90. The summed E-state index contributed by atoms with van der Waals surface area (Å²) in [6, 6.07) is 71.1. The van der Waals surface area contributed by atoms with Gasteiger partial charge in [-0.15, -0.1) is 0 Å². The molecule has 0 unspecified atom stereocenters. The maximum atomic E-state index is 6.30. The van der Waals surface area contributed by atoms with Gasteiger partial charge in [0.25, 0.3) is 0 Å². The van der Waals surface area contributed by atoms with Crippen molar-refractivity contribution in [3.8, 4) is 33.4 Å². The first kappa shape index (κ1) is 30.3. The summed E-state index contributed by atoms with van der Waals surface area (Å²) in [5.41, 5.74) is 9.14. The topological polar surface area (TPSA) is 13.1 Å². The van der Waals surface area contributed by atoms with Gasteiger partial charge in [-0.3, -0.25) is 0 Å². The fourth-order valence-corrected chi connectivity index (χ4v) is 9.44. The summed E-state index contributed by atoms with van der Waals surface area (Å²) >= 11 is 0. The van der Waals surface area contributed by atoms with E-state index >= 15 is 0 Å². The number of benzene rings is 11. The zero-order valence-electron chi connectivity index (χ0n) is 29.9. The van der Waals surface area contributed by atoms with Crippen molar-refractivity contribution in [1.82, 2.24) is 0 Å². The first-order chi connectivity index (χ1) is 27.3. The second kappa shape index (κ2) is 11.6. The molecule has 0 radical (unpaired) electrons. The van der Waals surface area contributed by atoms with Crippen LogP contribution in [0.2, 0.25) is 0 Å². The molecule has 12 aromatic rings. The van der Waals surface area contributed by atoms with Crippen molar-refractivity contribution in [1.29, 1.82) is 0 Å². The summed E-state index contributed by atoms with van der Waals surface area (Å²) < 4.78 is 6.30. The zero-order valence-corrected chi connectivity index (χ0v) is 29.9. The van der Waals surface area contributed by atoms with Gasteiger partial charge in [0.15, 0.2) is 0 Å². The number of para-hydroxylation sites is 1. The fourth-order valence-electron chi connectivity index (χ4n) is 9.44. The van der Waals surface area contributed by atoms with Crippen LogP contribution in [0, 0.1) is 0 Å². The van der Waals surface area contributed by atoms with Crippen molar-refractivity contribution >= 4 is 86.6 Å². The lowest BCUT2D eigenvalue weighted by Gasteiger charge is -2.18. The number of hydrogen-bond acceptors (Lipinski definition) is 1. The van der Waals surface area contributed by atoms with Gasteiger partial charge in [0, 0.05) is 10.8 Å². The summed E-state index contributed by atoms with van der Waals surface area (Å²) in [6.07, 6.45) is 0. The van der Waals surface area contributed by atoms with Crippen LogP contribution in [0.5, 0.6) is 0 Å². The molecule has 55 heavy (non-hydrogen) atoms. The Hall–Kier alpha value is -7.22. The average Bonchev–Trinajstić information content (AvgIpc) is 3.65. The second-order valence-corrected chi connectivity index (χ2v) is 14.7. The Balaban J connectivity index is 1.12. The maximum absolute atomic E-state index is 6.30. The average molecular weight is 697 g/mol. The van der Waals surface area contributed by atoms with E-state index in [-0.39, 0.29) is 0 Å². The highest BCUT2D eigenvalue weighted by atomic mass is 16.3. The van der Waals surface area contributed by atoms with E-state index in [1.165, 1.54) is 98.0 Å². The van der Waals surface area contributed by atoms with Crippen molar-refractivity contribution in [2.75, 3.05) is 0 Å². The highest BCUT2D eigenvalue weighted by Gasteiger charge is 2.19. The van der Waals surface area contributed by atoms with Crippen LogP contribution in [-0.4, -0.2) is 0 Å². The largest absolute Gasteiger partial charge is 0.456 e. The van der Waals surface area contributed by atoms with Gasteiger partial charge in [-0.1, -0.05) is 170 Å². The van der Waals surface area contributed by atoms with Crippen LogP contribution in [0.25, 0.3) is 120 Å². The molecule has 0 atom stereocenters. The van der Waals surface area contributed by atoms with Crippen LogP contribution in [0.15, 0.2) is 199 Å². The minimum absolute atomic E-state index is 0.914. The summed E-state index contributed by atoms with van der Waals surface area (Å²) in [5.74, 6) is 0. The third kappa shape index (κ3) is 4.41. The Labute approximate surface area is 317 Å². The van der Waals surface area contributed by atoms with Crippen molar-refractivity contribution in [3.05, 3.63) is 194 Å². The van der Waals surface area contributed by atoms with Gasteiger partial charge in [-0.2, -0.15) is 0 Å². The van der Waals surface area contributed by atoms with E-state index in [4.69, 9.17) is 4.42 Å². The molecule has 0 spiro atoms. The SMILES string of the molecule is c1ccc(-c2ccc3c(c2)c2ccccc2c2c4ccc(-c5cccc6c(-c7cccc8oc9ccccc9c78)cccc56)cc4c4ccccc4c32)cc1. The first-order valence-corrected chi connectivity index (χ1v) is 19.0. The molecule has 11 aromatic carbocycles. The molecule has 1 heterocycles. The summed E-state index contributed by atoms with van der Waals surface area (Å²) in [4.78, 5) is 0. The number of rotatable bonds is 3. The van der Waals surface area contributed by atoms with E-state index in [9.17, 15) is 0 Å². The van der Waals surface area contributed by atoms with Crippen molar-refractivity contribution in [2.24, 2.45) is 0 Å². The molecule has 0 bridgehead atoms. The Morgan fingerprint density at radius 2 is 0.691 bits per heavy atom. The summed E-state index contributed by atoms with van der Waals surface area (Å²) in [5, 5.41) is 17.7. The zero-order chi connectivity index (χ0) is 36.0. The van der Waals surface area contributed by atoms with Crippen LogP contribution in [0.3, 0.4) is 0 Å². The van der Waals surface area contributed by atoms with Crippen molar-refractivity contribution < 1.29 is 4.42 Å². The highest BCUT2D eigenvalue weighted by Crippen LogP contribution is 2.46. The monoisotopic (exact) mass is 696 g/mol. The normalized spacial score (nSPS) is 12.0. The predicted molar refractivity (Wildman–Crippen MR) is 235 cm³/mol. The van der Waals surface area contributed by atoms with Gasteiger partial charge in [-0.25, -0.2) is 0 Å². The Kier molecular flexibility index (Phi) is 6.40. The molecular weight excluding hydrogens is 665 g/mol. The lowest BCUT2D eigenvalue weighted by molar-refractivity contribution is 0.669. The third-order valence-corrected chi connectivity index (χ3v) is 11.8. The molecule has 0 saturated heterocycles.